The zero-order chi connectivity index (χ0) is 15.0. The summed E-state index contributed by atoms with van der Waals surface area (Å²) in [5.74, 6) is 0.946. The van der Waals surface area contributed by atoms with Crippen molar-refractivity contribution in [1.29, 1.82) is 0 Å². The summed E-state index contributed by atoms with van der Waals surface area (Å²) in [4.78, 5) is 7.25. The molecule has 118 valence electrons. The average molecular weight is 301 g/mol. The molecule has 1 aliphatic carbocycles. The van der Waals surface area contributed by atoms with Crippen molar-refractivity contribution in [1.82, 2.24) is 15.5 Å². The fourth-order valence-corrected chi connectivity index (χ4v) is 2.23. The average Bonchev–Trinajstić information content (AvgIpc) is 3.25. The Morgan fingerprint density at radius 1 is 1.30 bits per heavy atom. The molecule has 4 nitrogen and oxygen atoms in total. The van der Waals surface area contributed by atoms with Crippen molar-refractivity contribution in [2.24, 2.45) is 4.99 Å². The number of guanidine groups is 1. The predicted octanol–water partition coefficient (Wildman–Crippen LogP) is 2.17. The summed E-state index contributed by atoms with van der Waals surface area (Å²) in [6.07, 6.45) is 4.90. The highest BCUT2D eigenvalue weighted by atomic mass is 32.2. The van der Waals surface area contributed by atoms with Gasteiger partial charge in [0.15, 0.2) is 5.96 Å². The van der Waals surface area contributed by atoms with E-state index < -0.39 is 0 Å². The molecule has 20 heavy (non-hydrogen) atoms. The molecular weight excluding hydrogens is 268 g/mol. The van der Waals surface area contributed by atoms with Gasteiger partial charge in [-0.1, -0.05) is 6.92 Å². The van der Waals surface area contributed by atoms with Crippen LogP contribution in [0, 0.1) is 0 Å². The Bertz CT molecular complexity index is 300. The Kier molecular flexibility index (Phi) is 7.74. The van der Waals surface area contributed by atoms with Crippen molar-refractivity contribution >= 4 is 17.7 Å². The fourth-order valence-electron chi connectivity index (χ4n) is 2.03. The first-order valence-electron chi connectivity index (χ1n) is 7.83. The van der Waals surface area contributed by atoms with Crippen LogP contribution in [0.2, 0.25) is 0 Å². The smallest absolute Gasteiger partial charge is 0.191 e. The summed E-state index contributed by atoms with van der Waals surface area (Å²) in [5.41, 5.74) is 0. The minimum atomic E-state index is 0.200. The molecule has 0 spiro atoms. The van der Waals surface area contributed by atoms with Gasteiger partial charge in [0.1, 0.15) is 0 Å². The van der Waals surface area contributed by atoms with E-state index in [2.05, 4.69) is 49.5 Å². The maximum Gasteiger partial charge on any atom is 0.191 e. The fraction of sp³-hybridized carbons (Fsp3) is 0.933. The van der Waals surface area contributed by atoms with Gasteiger partial charge in [0.25, 0.3) is 0 Å². The highest BCUT2D eigenvalue weighted by Gasteiger charge is 2.27. The Morgan fingerprint density at radius 3 is 2.50 bits per heavy atom. The van der Waals surface area contributed by atoms with Crippen LogP contribution in [0.1, 0.15) is 40.5 Å². The number of nitrogens with zero attached hydrogens (tertiary/aromatic N) is 2. The number of likely N-dealkylation sites (N-methyl/N-ethyl adjacent to an activating group) is 1. The Morgan fingerprint density at radius 2 is 2.00 bits per heavy atom. The van der Waals surface area contributed by atoms with Crippen molar-refractivity contribution in [2.75, 3.05) is 39.0 Å². The van der Waals surface area contributed by atoms with Gasteiger partial charge in [-0.15, -0.1) is 0 Å². The van der Waals surface area contributed by atoms with Gasteiger partial charge in [-0.3, -0.25) is 9.89 Å². The monoisotopic (exact) mass is 300 g/mol. The Balaban J connectivity index is 2.35. The van der Waals surface area contributed by atoms with Gasteiger partial charge in [-0.05, 0) is 46.4 Å². The number of rotatable bonds is 9. The summed E-state index contributed by atoms with van der Waals surface area (Å²) in [7, 11) is 0. The zero-order valence-electron chi connectivity index (χ0n) is 13.8. The van der Waals surface area contributed by atoms with Crippen LogP contribution in [0.25, 0.3) is 0 Å². The molecule has 0 radical (unpaired) electrons. The highest BCUT2D eigenvalue weighted by molar-refractivity contribution is 7.99. The van der Waals surface area contributed by atoms with E-state index in [0.717, 1.165) is 44.7 Å². The van der Waals surface area contributed by atoms with Crippen LogP contribution in [0.4, 0.5) is 0 Å². The lowest BCUT2D eigenvalue weighted by molar-refractivity contribution is 0.282. The molecule has 0 aliphatic heterocycles. The van der Waals surface area contributed by atoms with Crippen LogP contribution in [-0.2, 0) is 0 Å². The molecule has 1 rings (SSSR count). The summed E-state index contributed by atoms with van der Waals surface area (Å²) in [5, 5.41) is 6.78. The van der Waals surface area contributed by atoms with Crippen molar-refractivity contribution in [2.45, 2.75) is 51.3 Å². The van der Waals surface area contributed by atoms with E-state index in [1.165, 1.54) is 12.8 Å². The lowest BCUT2D eigenvalue weighted by Gasteiger charge is -2.22. The topological polar surface area (TPSA) is 39.7 Å². The van der Waals surface area contributed by atoms with E-state index >= 15 is 0 Å². The number of hydrogen-bond donors (Lipinski definition) is 2. The molecule has 0 atom stereocenters. The Hall–Kier alpha value is -0.420. The summed E-state index contributed by atoms with van der Waals surface area (Å²) < 4.78 is 0.200. The van der Waals surface area contributed by atoms with Gasteiger partial charge in [0.2, 0.25) is 0 Å². The first-order chi connectivity index (χ1) is 9.52. The van der Waals surface area contributed by atoms with E-state index in [1.54, 1.807) is 0 Å². The number of aliphatic imine (C=N–C) groups is 1. The number of nitrogens with one attached hydrogen (secondary N) is 2. The van der Waals surface area contributed by atoms with Crippen molar-refractivity contribution < 1.29 is 0 Å². The summed E-state index contributed by atoms with van der Waals surface area (Å²) >= 11 is 1.86. The van der Waals surface area contributed by atoms with Gasteiger partial charge in [0.05, 0.1) is 6.54 Å². The quantitative estimate of drug-likeness (QED) is 0.506. The van der Waals surface area contributed by atoms with E-state index in [-0.39, 0.29) is 4.75 Å². The molecule has 5 heteroatoms. The third-order valence-electron chi connectivity index (χ3n) is 3.68. The van der Waals surface area contributed by atoms with Crippen molar-refractivity contribution in [3.63, 3.8) is 0 Å². The second kappa shape index (κ2) is 8.78. The molecule has 0 bridgehead atoms. The van der Waals surface area contributed by atoms with E-state index in [4.69, 9.17) is 4.99 Å². The van der Waals surface area contributed by atoms with Gasteiger partial charge < -0.3 is 10.6 Å². The second-order valence-electron chi connectivity index (χ2n) is 5.95. The van der Waals surface area contributed by atoms with Crippen LogP contribution in [0.3, 0.4) is 0 Å². The first kappa shape index (κ1) is 17.6. The number of thioether (sulfide) groups is 1. The second-order valence-corrected chi connectivity index (χ2v) is 7.46. The van der Waals surface area contributed by atoms with E-state index in [0.29, 0.717) is 0 Å². The van der Waals surface area contributed by atoms with E-state index in [9.17, 15) is 0 Å². The molecule has 1 fully saturated rings. The van der Waals surface area contributed by atoms with E-state index in [1.807, 2.05) is 11.8 Å². The van der Waals surface area contributed by atoms with Crippen LogP contribution in [-0.4, -0.2) is 60.6 Å². The maximum atomic E-state index is 4.69. The first-order valence-corrected chi connectivity index (χ1v) is 9.06. The molecule has 0 aromatic heterocycles. The minimum absolute atomic E-state index is 0.200. The highest BCUT2D eigenvalue weighted by Crippen LogP contribution is 2.25. The molecule has 0 aromatic rings. The van der Waals surface area contributed by atoms with Crippen molar-refractivity contribution in [3.8, 4) is 0 Å². The lowest BCUT2D eigenvalue weighted by Crippen LogP contribution is -2.42. The van der Waals surface area contributed by atoms with Crippen LogP contribution in [0.15, 0.2) is 4.99 Å². The van der Waals surface area contributed by atoms with Gasteiger partial charge in [-0.2, -0.15) is 11.8 Å². The normalized spacial score (nSPS) is 16.6. The molecule has 1 saturated carbocycles. The lowest BCUT2D eigenvalue weighted by atomic mass is 10.2. The van der Waals surface area contributed by atoms with Crippen LogP contribution < -0.4 is 10.6 Å². The molecule has 2 N–H and O–H groups in total. The van der Waals surface area contributed by atoms with Gasteiger partial charge in [-0.25, -0.2) is 0 Å². The van der Waals surface area contributed by atoms with Gasteiger partial charge >= 0.3 is 0 Å². The summed E-state index contributed by atoms with van der Waals surface area (Å²) in [6.45, 7) is 13.8. The minimum Gasteiger partial charge on any atom is -0.357 e. The SMILES string of the molecule is CCNC(=NCC(C)(C)SC)NCCN(CC)C1CC1. The molecule has 0 amide bonds. The van der Waals surface area contributed by atoms with Crippen LogP contribution >= 0.6 is 11.8 Å². The maximum absolute atomic E-state index is 4.69. The summed E-state index contributed by atoms with van der Waals surface area (Å²) in [6, 6.07) is 0.844. The molecular formula is C15H32N4S. The molecule has 0 saturated heterocycles. The third-order valence-corrected chi connectivity index (χ3v) is 4.91. The molecule has 1 aliphatic rings. The molecule has 0 unspecified atom stereocenters. The van der Waals surface area contributed by atoms with Crippen molar-refractivity contribution in [3.05, 3.63) is 0 Å². The van der Waals surface area contributed by atoms with Crippen LogP contribution in [0.5, 0.6) is 0 Å². The predicted molar refractivity (Wildman–Crippen MR) is 91.8 cm³/mol. The zero-order valence-corrected chi connectivity index (χ0v) is 14.6. The largest absolute Gasteiger partial charge is 0.357 e. The standard InChI is InChI=1S/C15H32N4S/c1-6-16-14(18-12-15(3,4)20-5)17-10-11-19(7-2)13-8-9-13/h13H,6-12H2,1-5H3,(H2,16,17,18). The molecule has 0 aromatic carbocycles. The third kappa shape index (κ3) is 6.84. The number of hydrogen-bond acceptors (Lipinski definition) is 3. The molecule has 0 heterocycles. The van der Waals surface area contributed by atoms with Gasteiger partial charge in [0, 0.05) is 30.4 Å². The Labute approximate surface area is 129 Å².